The van der Waals surface area contributed by atoms with Crippen LogP contribution in [0.25, 0.3) is 6.08 Å². The van der Waals surface area contributed by atoms with Crippen LogP contribution < -0.4 is 10.6 Å². The van der Waals surface area contributed by atoms with Gasteiger partial charge in [0.05, 0.1) is 6.10 Å². The van der Waals surface area contributed by atoms with Crippen LogP contribution in [0.2, 0.25) is 0 Å². The summed E-state index contributed by atoms with van der Waals surface area (Å²) in [6, 6.07) is 9.61. The number of nitrogens with one attached hydrogen (secondary N) is 2. The molecule has 104 valence electrons. The highest BCUT2D eigenvalue weighted by Crippen LogP contribution is 1.99. The van der Waals surface area contributed by atoms with Crippen LogP contribution in [0, 0.1) is 0 Å². The van der Waals surface area contributed by atoms with Crippen molar-refractivity contribution in [3.63, 3.8) is 0 Å². The van der Waals surface area contributed by atoms with E-state index in [9.17, 15) is 4.79 Å². The van der Waals surface area contributed by atoms with E-state index in [4.69, 9.17) is 4.74 Å². The molecule has 0 radical (unpaired) electrons. The van der Waals surface area contributed by atoms with Crippen LogP contribution in [0.3, 0.4) is 0 Å². The zero-order valence-corrected chi connectivity index (χ0v) is 11.6. The summed E-state index contributed by atoms with van der Waals surface area (Å²) in [5.74, 6) is 0. The molecule has 0 unspecified atom stereocenters. The molecule has 0 aliphatic heterocycles. The van der Waals surface area contributed by atoms with Gasteiger partial charge in [0.25, 0.3) is 0 Å². The first kappa shape index (κ1) is 15.2. The van der Waals surface area contributed by atoms with Gasteiger partial charge < -0.3 is 15.4 Å². The van der Waals surface area contributed by atoms with Crippen molar-refractivity contribution in [2.45, 2.75) is 26.4 Å². The van der Waals surface area contributed by atoms with Crippen LogP contribution in [0.4, 0.5) is 4.79 Å². The van der Waals surface area contributed by atoms with Gasteiger partial charge >= 0.3 is 6.03 Å². The fraction of sp³-hybridized carbons (Fsp3) is 0.400. The lowest BCUT2D eigenvalue weighted by molar-refractivity contribution is 0.0774. The molecule has 0 saturated heterocycles. The normalized spacial score (nSPS) is 10.9. The molecule has 0 saturated carbocycles. The minimum atomic E-state index is -0.197. The second-order valence-electron chi connectivity index (χ2n) is 4.42. The topological polar surface area (TPSA) is 50.4 Å². The van der Waals surface area contributed by atoms with Gasteiger partial charge in [-0.2, -0.15) is 0 Å². The van der Waals surface area contributed by atoms with Crippen molar-refractivity contribution in [1.82, 2.24) is 10.6 Å². The van der Waals surface area contributed by atoms with E-state index in [1.54, 1.807) is 6.20 Å². The number of urea groups is 1. The summed E-state index contributed by atoms with van der Waals surface area (Å²) >= 11 is 0. The highest BCUT2D eigenvalue weighted by molar-refractivity contribution is 5.75. The van der Waals surface area contributed by atoms with Gasteiger partial charge in [0, 0.05) is 19.4 Å². The molecule has 0 bridgehead atoms. The molecule has 0 atom stereocenters. The predicted molar refractivity (Wildman–Crippen MR) is 77.7 cm³/mol. The lowest BCUT2D eigenvalue weighted by Gasteiger charge is -2.07. The van der Waals surface area contributed by atoms with Crippen LogP contribution >= 0.6 is 0 Å². The molecule has 4 heteroatoms. The Morgan fingerprint density at radius 1 is 1.32 bits per heavy atom. The van der Waals surface area contributed by atoms with E-state index in [1.807, 2.05) is 50.3 Å². The number of hydrogen-bond donors (Lipinski definition) is 2. The van der Waals surface area contributed by atoms with Crippen LogP contribution in [0.1, 0.15) is 25.8 Å². The molecule has 0 aliphatic carbocycles. The van der Waals surface area contributed by atoms with Gasteiger partial charge in [0.2, 0.25) is 0 Å². The molecule has 0 aliphatic rings. The van der Waals surface area contributed by atoms with Gasteiger partial charge in [-0.15, -0.1) is 0 Å². The molecule has 1 aromatic carbocycles. The Morgan fingerprint density at radius 2 is 2.05 bits per heavy atom. The summed E-state index contributed by atoms with van der Waals surface area (Å²) < 4.78 is 5.38. The average Bonchev–Trinajstić information content (AvgIpc) is 2.39. The van der Waals surface area contributed by atoms with Gasteiger partial charge in [-0.05, 0) is 31.9 Å². The number of amides is 2. The number of benzene rings is 1. The third-order valence-electron chi connectivity index (χ3n) is 2.35. The van der Waals surface area contributed by atoms with Crippen molar-refractivity contribution < 1.29 is 9.53 Å². The third kappa shape index (κ3) is 8.00. The Hall–Kier alpha value is -1.81. The van der Waals surface area contributed by atoms with Crippen molar-refractivity contribution in [2.24, 2.45) is 0 Å². The number of hydrogen-bond acceptors (Lipinski definition) is 2. The summed E-state index contributed by atoms with van der Waals surface area (Å²) in [5.41, 5.74) is 1.05. The van der Waals surface area contributed by atoms with E-state index in [0.717, 1.165) is 12.0 Å². The average molecular weight is 262 g/mol. The third-order valence-corrected chi connectivity index (χ3v) is 2.35. The molecule has 1 rings (SSSR count). The summed E-state index contributed by atoms with van der Waals surface area (Å²) in [6.45, 7) is 5.26. The Kier molecular flexibility index (Phi) is 7.35. The first-order valence-corrected chi connectivity index (χ1v) is 6.56. The second kappa shape index (κ2) is 9.16. The number of carbonyl (C=O) groups excluding carboxylic acids is 1. The van der Waals surface area contributed by atoms with E-state index in [2.05, 4.69) is 10.6 Å². The first-order valence-electron chi connectivity index (χ1n) is 6.56. The van der Waals surface area contributed by atoms with Crippen molar-refractivity contribution in [2.75, 3.05) is 13.2 Å². The fourth-order valence-electron chi connectivity index (χ4n) is 1.42. The fourth-order valence-corrected chi connectivity index (χ4v) is 1.42. The van der Waals surface area contributed by atoms with Gasteiger partial charge in [-0.3, -0.25) is 0 Å². The summed E-state index contributed by atoms with van der Waals surface area (Å²) in [5, 5.41) is 5.42. The van der Waals surface area contributed by atoms with E-state index >= 15 is 0 Å². The first-order chi connectivity index (χ1) is 9.18. The molecule has 0 fully saturated rings. The zero-order chi connectivity index (χ0) is 13.9. The minimum absolute atomic E-state index is 0.197. The molecule has 2 N–H and O–H groups in total. The molecule has 0 spiro atoms. The summed E-state index contributed by atoms with van der Waals surface area (Å²) in [6.07, 6.45) is 4.53. The Morgan fingerprint density at radius 3 is 2.74 bits per heavy atom. The Balaban J connectivity index is 2.10. The minimum Gasteiger partial charge on any atom is -0.379 e. The highest BCUT2D eigenvalue weighted by Gasteiger charge is 1.97. The molecule has 1 aromatic rings. The van der Waals surface area contributed by atoms with Crippen LogP contribution in [-0.2, 0) is 4.74 Å². The highest BCUT2D eigenvalue weighted by atomic mass is 16.5. The summed E-state index contributed by atoms with van der Waals surface area (Å²) in [7, 11) is 0. The maximum atomic E-state index is 11.4. The van der Waals surface area contributed by atoms with Gasteiger partial charge in [0.1, 0.15) is 0 Å². The number of carbonyl (C=O) groups is 1. The predicted octanol–water partition coefficient (Wildman–Crippen LogP) is 2.77. The Labute approximate surface area is 114 Å². The Bertz CT molecular complexity index is 388. The number of rotatable bonds is 7. The monoisotopic (exact) mass is 262 g/mol. The second-order valence-corrected chi connectivity index (χ2v) is 4.42. The largest absolute Gasteiger partial charge is 0.379 e. The molecular formula is C15H22N2O2. The summed E-state index contributed by atoms with van der Waals surface area (Å²) in [4.78, 5) is 11.4. The molecule has 2 amide bonds. The van der Waals surface area contributed by atoms with Crippen LogP contribution in [-0.4, -0.2) is 25.3 Å². The molecular weight excluding hydrogens is 240 g/mol. The van der Waals surface area contributed by atoms with Gasteiger partial charge in [0.15, 0.2) is 0 Å². The van der Waals surface area contributed by atoms with Gasteiger partial charge in [-0.1, -0.05) is 30.3 Å². The van der Waals surface area contributed by atoms with E-state index < -0.39 is 0 Å². The van der Waals surface area contributed by atoms with E-state index in [1.165, 1.54) is 0 Å². The zero-order valence-electron chi connectivity index (χ0n) is 11.6. The van der Waals surface area contributed by atoms with Crippen molar-refractivity contribution in [3.05, 3.63) is 42.1 Å². The van der Waals surface area contributed by atoms with Crippen molar-refractivity contribution in [3.8, 4) is 0 Å². The number of ether oxygens (including phenoxy) is 1. The maximum absolute atomic E-state index is 11.4. The van der Waals surface area contributed by atoms with Gasteiger partial charge in [-0.25, -0.2) is 4.79 Å². The maximum Gasteiger partial charge on any atom is 0.318 e. The molecule has 19 heavy (non-hydrogen) atoms. The van der Waals surface area contributed by atoms with E-state index in [-0.39, 0.29) is 12.1 Å². The standard InChI is InChI=1S/C15H22N2O2/c1-13(2)19-12-6-10-16-15(18)17-11-9-14-7-4-3-5-8-14/h3-5,7-9,11,13H,6,10,12H2,1-2H3,(H2,16,17,18)/b11-9+. The van der Waals surface area contributed by atoms with Crippen LogP contribution in [0.5, 0.6) is 0 Å². The smallest absolute Gasteiger partial charge is 0.318 e. The van der Waals surface area contributed by atoms with Crippen molar-refractivity contribution >= 4 is 12.1 Å². The molecule has 0 heterocycles. The van der Waals surface area contributed by atoms with E-state index in [0.29, 0.717) is 13.2 Å². The van der Waals surface area contributed by atoms with Crippen molar-refractivity contribution in [1.29, 1.82) is 0 Å². The SMILES string of the molecule is CC(C)OCCCNC(=O)N/C=C/c1ccccc1. The van der Waals surface area contributed by atoms with Crippen LogP contribution in [0.15, 0.2) is 36.5 Å². The molecule has 0 aromatic heterocycles. The quantitative estimate of drug-likeness (QED) is 0.742. The lowest BCUT2D eigenvalue weighted by Crippen LogP contribution is -2.33. The molecule has 4 nitrogen and oxygen atoms in total. The lowest BCUT2D eigenvalue weighted by atomic mass is 10.2.